The zero-order valence-corrected chi connectivity index (χ0v) is 11.3. The molecule has 20 heavy (non-hydrogen) atoms. The third-order valence-electron chi connectivity index (χ3n) is 2.55. The van der Waals surface area contributed by atoms with E-state index in [1.807, 2.05) is 18.2 Å². The molecule has 0 radical (unpaired) electrons. The molecule has 0 spiro atoms. The summed E-state index contributed by atoms with van der Waals surface area (Å²) in [6, 6.07) is 15.2. The number of carbonyl (C=O) groups excluding carboxylic acids is 2. The summed E-state index contributed by atoms with van der Waals surface area (Å²) in [5.41, 5.74) is 2.91. The van der Waals surface area contributed by atoms with E-state index < -0.39 is 0 Å². The van der Waals surface area contributed by atoms with Gasteiger partial charge in [0.15, 0.2) is 0 Å². The van der Waals surface area contributed by atoms with Crippen molar-refractivity contribution in [1.29, 1.82) is 0 Å². The van der Waals surface area contributed by atoms with Crippen molar-refractivity contribution in [1.82, 2.24) is 0 Å². The normalized spacial score (nSPS) is 8.50. The first-order valence-corrected chi connectivity index (χ1v) is 5.96. The van der Waals surface area contributed by atoms with Gasteiger partial charge in [0.1, 0.15) is 0 Å². The van der Waals surface area contributed by atoms with E-state index in [9.17, 15) is 9.59 Å². The van der Waals surface area contributed by atoms with E-state index in [2.05, 4.69) is 29.0 Å². The third kappa shape index (κ3) is 4.83. The largest absolute Gasteiger partial charge is 0.240 e. The van der Waals surface area contributed by atoms with Crippen LogP contribution in [0, 0.1) is 13.8 Å². The molecule has 0 N–H and O–H groups in total. The Labute approximate surface area is 117 Å². The van der Waals surface area contributed by atoms with Crippen LogP contribution in [0.15, 0.2) is 58.5 Å². The lowest BCUT2D eigenvalue weighted by Gasteiger charge is -1.99. The second-order valence-electron chi connectivity index (χ2n) is 3.98. The Morgan fingerprint density at radius 3 is 1.60 bits per heavy atom. The van der Waals surface area contributed by atoms with E-state index >= 15 is 0 Å². The molecular weight excluding hydrogens is 252 g/mol. The predicted octanol–water partition coefficient (Wildman–Crippen LogP) is 3.92. The van der Waals surface area contributed by atoms with Gasteiger partial charge in [0.2, 0.25) is 12.2 Å². The SMILES string of the molecule is Cc1c(N=C=O)cccc1N=C=O.Cc1ccccc1. The van der Waals surface area contributed by atoms with Crippen LogP contribution in [0.1, 0.15) is 11.1 Å². The van der Waals surface area contributed by atoms with Gasteiger partial charge in [0.05, 0.1) is 11.4 Å². The molecule has 4 heteroatoms. The van der Waals surface area contributed by atoms with Crippen molar-refractivity contribution in [3.05, 3.63) is 59.7 Å². The van der Waals surface area contributed by atoms with Gasteiger partial charge in [-0.1, -0.05) is 42.0 Å². The van der Waals surface area contributed by atoms with Crippen LogP contribution in [0.2, 0.25) is 0 Å². The first kappa shape index (κ1) is 15.3. The van der Waals surface area contributed by atoms with Crippen LogP contribution >= 0.6 is 0 Å². The maximum Gasteiger partial charge on any atom is 0.240 e. The van der Waals surface area contributed by atoms with Crippen LogP contribution < -0.4 is 0 Å². The lowest BCUT2D eigenvalue weighted by atomic mass is 10.1. The van der Waals surface area contributed by atoms with E-state index in [0.29, 0.717) is 16.9 Å². The van der Waals surface area contributed by atoms with Crippen LogP contribution in [0.4, 0.5) is 11.4 Å². The second kappa shape index (κ2) is 8.33. The molecule has 0 heterocycles. The topological polar surface area (TPSA) is 58.9 Å². The molecule has 0 aliphatic rings. The highest BCUT2D eigenvalue weighted by Crippen LogP contribution is 2.26. The lowest BCUT2D eigenvalue weighted by Crippen LogP contribution is -1.75. The summed E-state index contributed by atoms with van der Waals surface area (Å²) >= 11 is 0. The Kier molecular flexibility index (Phi) is 6.35. The fraction of sp³-hybridized carbons (Fsp3) is 0.125. The molecule has 4 nitrogen and oxygen atoms in total. The van der Waals surface area contributed by atoms with E-state index in [1.165, 1.54) is 17.7 Å². The predicted molar refractivity (Wildman–Crippen MR) is 77.9 cm³/mol. The minimum atomic E-state index is 0.464. The maximum atomic E-state index is 10.00. The van der Waals surface area contributed by atoms with E-state index in [4.69, 9.17) is 0 Å². The Hall–Kier alpha value is -2.80. The van der Waals surface area contributed by atoms with Gasteiger partial charge in [-0.05, 0) is 26.0 Å². The van der Waals surface area contributed by atoms with Crippen LogP contribution in [-0.4, -0.2) is 12.2 Å². The van der Waals surface area contributed by atoms with Gasteiger partial charge in [-0.3, -0.25) is 0 Å². The Balaban J connectivity index is 0.000000240. The number of hydrogen-bond acceptors (Lipinski definition) is 4. The van der Waals surface area contributed by atoms with Gasteiger partial charge in [0.25, 0.3) is 0 Å². The van der Waals surface area contributed by atoms with Crippen molar-refractivity contribution >= 4 is 23.5 Å². The number of aliphatic imine (C=N–C) groups is 2. The number of rotatable bonds is 2. The fourth-order valence-electron chi connectivity index (χ4n) is 1.49. The van der Waals surface area contributed by atoms with Crippen molar-refractivity contribution in [2.75, 3.05) is 0 Å². The first-order chi connectivity index (χ1) is 9.69. The summed E-state index contributed by atoms with van der Waals surface area (Å²) in [6.45, 7) is 3.80. The van der Waals surface area contributed by atoms with Crippen molar-refractivity contribution in [3.8, 4) is 0 Å². The van der Waals surface area contributed by atoms with E-state index in [-0.39, 0.29) is 0 Å². The molecule has 0 saturated heterocycles. The molecule has 0 amide bonds. The van der Waals surface area contributed by atoms with Crippen LogP contribution in [0.5, 0.6) is 0 Å². The standard InChI is InChI=1S/C9H6N2O2.C7H8/c1-7-8(10-5-12)3-2-4-9(7)11-6-13;1-7-5-3-2-4-6-7/h2-4H,1H3;2-6H,1H3. The van der Waals surface area contributed by atoms with Gasteiger partial charge in [0, 0.05) is 5.56 Å². The lowest BCUT2D eigenvalue weighted by molar-refractivity contribution is 0.565. The summed E-state index contributed by atoms with van der Waals surface area (Å²) in [7, 11) is 0. The minimum Gasteiger partial charge on any atom is -0.211 e. The molecule has 0 aromatic heterocycles. The van der Waals surface area contributed by atoms with Crippen LogP contribution in [0.25, 0.3) is 0 Å². The molecule has 2 rings (SSSR count). The highest BCUT2D eigenvalue weighted by molar-refractivity contribution is 5.64. The van der Waals surface area contributed by atoms with Crippen molar-refractivity contribution in [3.63, 3.8) is 0 Å². The van der Waals surface area contributed by atoms with Crippen molar-refractivity contribution in [2.24, 2.45) is 9.98 Å². The van der Waals surface area contributed by atoms with E-state index in [0.717, 1.165) is 0 Å². The van der Waals surface area contributed by atoms with Crippen molar-refractivity contribution in [2.45, 2.75) is 13.8 Å². The first-order valence-electron chi connectivity index (χ1n) is 5.96. The molecule has 0 saturated carbocycles. The van der Waals surface area contributed by atoms with Crippen LogP contribution in [-0.2, 0) is 9.59 Å². The Bertz CT molecular complexity index is 617. The Morgan fingerprint density at radius 2 is 1.25 bits per heavy atom. The summed E-state index contributed by atoms with van der Waals surface area (Å²) in [5.74, 6) is 0. The number of hydrogen-bond donors (Lipinski definition) is 0. The second-order valence-corrected chi connectivity index (χ2v) is 3.98. The smallest absolute Gasteiger partial charge is 0.211 e. The summed E-state index contributed by atoms with van der Waals surface area (Å²) in [6.07, 6.45) is 2.86. The third-order valence-corrected chi connectivity index (χ3v) is 2.55. The van der Waals surface area contributed by atoms with Crippen molar-refractivity contribution < 1.29 is 9.59 Å². The molecule has 0 bridgehead atoms. The maximum absolute atomic E-state index is 10.00. The zero-order chi connectivity index (χ0) is 14.8. The Morgan fingerprint density at radius 1 is 0.750 bits per heavy atom. The highest BCUT2D eigenvalue weighted by atomic mass is 16.1. The average molecular weight is 266 g/mol. The van der Waals surface area contributed by atoms with Gasteiger partial charge < -0.3 is 0 Å². The molecule has 0 aliphatic carbocycles. The monoisotopic (exact) mass is 266 g/mol. The van der Waals surface area contributed by atoms with Gasteiger partial charge >= 0.3 is 0 Å². The quantitative estimate of drug-likeness (QED) is 0.611. The molecule has 0 fully saturated rings. The molecule has 0 aliphatic heterocycles. The molecule has 2 aromatic carbocycles. The molecule has 2 aromatic rings. The van der Waals surface area contributed by atoms with Gasteiger partial charge in [-0.2, -0.15) is 9.98 Å². The van der Waals surface area contributed by atoms with Gasteiger partial charge in [-0.25, -0.2) is 9.59 Å². The summed E-state index contributed by atoms with van der Waals surface area (Å²) in [4.78, 5) is 26.9. The number of aryl methyl sites for hydroxylation is 1. The van der Waals surface area contributed by atoms with Gasteiger partial charge in [-0.15, -0.1) is 0 Å². The van der Waals surface area contributed by atoms with E-state index in [1.54, 1.807) is 25.1 Å². The summed E-state index contributed by atoms with van der Waals surface area (Å²) < 4.78 is 0. The summed E-state index contributed by atoms with van der Waals surface area (Å²) in [5, 5.41) is 0. The highest BCUT2D eigenvalue weighted by Gasteiger charge is 2.00. The number of isocyanates is 2. The molecule has 0 unspecified atom stereocenters. The molecule has 0 atom stereocenters. The fourth-order valence-corrected chi connectivity index (χ4v) is 1.49. The minimum absolute atomic E-state index is 0.464. The molecule has 100 valence electrons. The van der Waals surface area contributed by atoms with Crippen LogP contribution in [0.3, 0.4) is 0 Å². The average Bonchev–Trinajstić information content (AvgIpc) is 2.45. The molecular formula is C16H14N2O2. The number of nitrogens with zero attached hydrogens (tertiary/aromatic N) is 2. The zero-order valence-electron chi connectivity index (χ0n) is 11.3. The number of benzene rings is 2.